The van der Waals surface area contributed by atoms with Crippen LogP contribution in [-0.2, 0) is 41.9 Å². The summed E-state index contributed by atoms with van der Waals surface area (Å²) in [7, 11) is 3.04. The molecule has 2 saturated carbocycles. The molecule has 8 N–H and O–H groups in total. The van der Waals surface area contributed by atoms with E-state index < -0.39 is 42.3 Å². The Balaban J connectivity index is 0.550. The Kier molecular flexibility index (Phi) is 21.3. The number of nitrogens with one attached hydrogen (secondary N) is 7. The number of benzene rings is 5. The molecule has 8 aliphatic rings. The first-order valence-electron chi connectivity index (χ1n) is 36.6. The lowest BCUT2D eigenvalue weighted by Gasteiger charge is -2.31. The number of aliphatic hydroxyl groups excluding tert-OH is 1. The van der Waals surface area contributed by atoms with E-state index in [0.717, 1.165) is 76.6 Å². The monoisotopic (exact) mass is 1420 g/mol. The fraction of sp³-hybridized carbons (Fsp3) is 0.487. The van der Waals surface area contributed by atoms with Crippen LogP contribution in [0.15, 0.2) is 97.1 Å². The smallest absolute Gasteiger partial charge is 0.416 e. The van der Waals surface area contributed by atoms with Crippen molar-refractivity contribution in [1.29, 1.82) is 0 Å². The predicted molar refractivity (Wildman–Crippen MR) is 390 cm³/mol. The average Bonchev–Trinajstić information content (AvgIpc) is 1.57. The van der Waals surface area contributed by atoms with E-state index >= 15 is 0 Å². The number of rotatable bonds is 27. The van der Waals surface area contributed by atoms with Crippen molar-refractivity contribution in [1.82, 2.24) is 41.7 Å². The minimum absolute atomic E-state index is 0.0114. The van der Waals surface area contributed by atoms with Gasteiger partial charge in [-0.05, 0) is 150 Å². The van der Waals surface area contributed by atoms with Crippen LogP contribution in [0.5, 0.6) is 23.0 Å². The Morgan fingerprint density at radius 3 is 2.02 bits per heavy atom. The van der Waals surface area contributed by atoms with E-state index in [1.54, 1.807) is 73.2 Å². The molecule has 6 heterocycles. The fourth-order valence-corrected chi connectivity index (χ4v) is 15.3. The SMILES string of the molecule is COc1cc2c(cc1OCCCCCOc1cc3c(cc1OC)C(=O)N1CC4(CC4)C[C@H]1C(O)N3C(=O)OCc1ccc(NC(=O)[C@H](C)NC(=O)[C@@H](NC(=O)CCCCNC(=O)CCC(=O)N3Cc4ccccc4C4=C(NNN4C(C)C)c4ccccc43)C(C)C)cc1)NC[C@@H]1CC3(CC3)CN1C2=O. The van der Waals surface area contributed by atoms with Crippen molar-refractivity contribution < 1.29 is 67.1 Å². The first-order valence-corrected chi connectivity index (χ1v) is 36.6. The zero-order valence-electron chi connectivity index (χ0n) is 60.3. The van der Waals surface area contributed by atoms with Gasteiger partial charge in [-0.15, -0.1) is 5.53 Å². The maximum absolute atomic E-state index is 14.5. The van der Waals surface area contributed by atoms with Crippen LogP contribution in [0.1, 0.15) is 167 Å². The molecule has 5 aromatic rings. The molecule has 2 saturated heterocycles. The minimum Gasteiger partial charge on any atom is -0.493 e. The number of carbonyl (C=O) groups excluding carboxylic acids is 8. The Hall–Kier alpha value is -10.1. The van der Waals surface area contributed by atoms with E-state index in [2.05, 4.69) is 62.5 Å². The van der Waals surface area contributed by atoms with E-state index in [-0.39, 0.29) is 108 Å². The Bertz CT molecular complexity index is 4150. The molecule has 0 radical (unpaired) electrons. The van der Waals surface area contributed by atoms with E-state index in [0.29, 0.717) is 98.6 Å². The summed E-state index contributed by atoms with van der Waals surface area (Å²) in [6.07, 6.45) is 6.38. The quantitative estimate of drug-likeness (QED) is 0.0227. The zero-order valence-corrected chi connectivity index (χ0v) is 60.3. The number of unbranched alkanes of at least 4 members (excludes halogenated alkanes) is 3. The van der Waals surface area contributed by atoms with Crippen LogP contribution in [0.3, 0.4) is 0 Å². The van der Waals surface area contributed by atoms with Crippen LogP contribution in [0.2, 0.25) is 0 Å². The number of para-hydroxylation sites is 1. The summed E-state index contributed by atoms with van der Waals surface area (Å²) in [5, 5.41) is 29.0. The molecule has 104 heavy (non-hydrogen) atoms. The fourth-order valence-electron chi connectivity index (χ4n) is 15.3. The van der Waals surface area contributed by atoms with Gasteiger partial charge in [0.25, 0.3) is 11.8 Å². The van der Waals surface area contributed by atoms with Crippen LogP contribution in [0.4, 0.5) is 27.5 Å². The van der Waals surface area contributed by atoms with E-state index in [4.69, 9.17) is 23.7 Å². The van der Waals surface area contributed by atoms with Gasteiger partial charge in [0.05, 0.1) is 79.6 Å². The molecule has 26 nitrogen and oxygen atoms in total. The van der Waals surface area contributed by atoms with Crippen molar-refractivity contribution in [3.05, 3.63) is 130 Å². The number of amides is 8. The van der Waals surface area contributed by atoms with Gasteiger partial charge in [-0.2, -0.15) is 0 Å². The highest BCUT2D eigenvalue weighted by Gasteiger charge is 2.58. The van der Waals surface area contributed by atoms with E-state index in [1.807, 2.05) is 53.4 Å². The second-order valence-electron chi connectivity index (χ2n) is 29.6. The molecule has 552 valence electrons. The summed E-state index contributed by atoms with van der Waals surface area (Å²) in [5.41, 5.74) is 14.8. The lowest BCUT2D eigenvalue weighted by molar-refractivity contribution is -0.131. The van der Waals surface area contributed by atoms with E-state index in [1.165, 1.54) is 26.9 Å². The summed E-state index contributed by atoms with van der Waals surface area (Å²) in [4.78, 5) is 117. The third-order valence-corrected chi connectivity index (χ3v) is 21.5. The molecule has 6 aliphatic heterocycles. The number of aliphatic hydroxyl groups is 1. The molecule has 4 fully saturated rings. The molecule has 13 rings (SSSR count). The predicted octanol–water partition coefficient (Wildman–Crippen LogP) is 8.98. The van der Waals surface area contributed by atoms with Gasteiger partial charge in [0.1, 0.15) is 18.7 Å². The molecule has 8 amide bonds. The van der Waals surface area contributed by atoms with Gasteiger partial charge in [0, 0.05) is 86.5 Å². The second kappa shape index (κ2) is 30.7. The van der Waals surface area contributed by atoms with Gasteiger partial charge >= 0.3 is 6.09 Å². The van der Waals surface area contributed by atoms with Gasteiger partial charge in [-0.25, -0.2) is 9.69 Å². The van der Waals surface area contributed by atoms with Crippen molar-refractivity contribution in [2.75, 3.05) is 74.0 Å². The maximum Gasteiger partial charge on any atom is 0.416 e. The van der Waals surface area contributed by atoms with Gasteiger partial charge in [-0.1, -0.05) is 68.4 Å². The Morgan fingerprint density at radius 2 is 1.32 bits per heavy atom. The van der Waals surface area contributed by atoms with Crippen LogP contribution in [0.25, 0.3) is 11.4 Å². The van der Waals surface area contributed by atoms with Gasteiger partial charge < -0.3 is 75.5 Å². The molecular formula is C78H96N12O14. The molecule has 5 aromatic carbocycles. The van der Waals surface area contributed by atoms with Crippen LogP contribution in [0, 0.1) is 16.7 Å². The first-order chi connectivity index (χ1) is 50.1. The number of ether oxygens (including phenoxy) is 5. The number of hydrogen-bond donors (Lipinski definition) is 8. The van der Waals surface area contributed by atoms with Crippen molar-refractivity contribution >= 4 is 81.6 Å². The number of hydrazine groups is 2. The van der Waals surface area contributed by atoms with Crippen LogP contribution in [-0.4, -0.2) is 157 Å². The molecule has 5 atom stereocenters. The summed E-state index contributed by atoms with van der Waals surface area (Å²) in [5.74, 6) is -0.943. The number of methoxy groups -OCH3 is 2. The van der Waals surface area contributed by atoms with Crippen molar-refractivity contribution in [2.45, 2.75) is 174 Å². The number of fused-ring (bicyclic) bond motifs is 8. The Labute approximate surface area is 606 Å². The highest BCUT2D eigenvalue weighted by molar-refractivity contribution is 6.07. The van der Waals surface area contributed by atoms with Gasteiger partial charge in [0.15, 0.2) is 29.2 Å². The van der Waals surface area contributed by atoms with Gasteiger partial charge in [-0.3, -0.25) is 38.6 Å². The molecule has 2 aliphatic carbocycles. The lowest BCUT2D eigenvalue weighted by atomic mass is 9.95. The third kappa shape index (κ3) is 15.4. The summed E-state index contributed by atoms with van der Waals surface area (Å²) in [6, 6.07) is 26.7. The highest BCUT2D eigenvalue weighted by atomic mass is 16.6. The zero-order chi connectivity index (χ0) is 73.1. The van der Waals surface area contributed by atoms with Crippen molar-refractivity contribution in [3.8, 4) is 23.0 Å². The lowest BCUT2D eigenvalue weighted by Crippen LogP contribution is -2.53. The molecule has 0 aromatic heterocycles. The largest absolute Gasteiger partial charge is 0.493 e. The van der Waals surface area contributed by atoms with E-state index in [9.17, 15) is 43.5 Å². The minimum atomic E-state index is -1.45. The van der Waals surface area contributed by atoms with Crippen molar-refractivity contribution in [3.63, 3.8) is 0 Å². The molecule has 0 bridgehead atoms. The third-order valence-electron chi connectivity index (χ3n) is 21.5. The highest BCUT2D eigenvalue weighted by Crippen LogP contribution is 2.58. The number of hydrogen-bond acceptors (Lipinski definition) is 18. The average molecular weight is 1430 g/mol. The van der Waals surface area contributed by atoms with Gasteiger partial charge in [0.2, 0.25) is 29.5 Å². The number of carbonyl (C=O) groups is 8. The normalized spacial score (nSPS) is 19.6. The molecule has 2 spiro atoms. The summed E-state index contributed by atoms with van der Waals surface area (Å²) >= 11 is 0. The second-order valence-corrected chi connectivity index (χ2v) is 29.6. The first kappa shape index (κ1) is 72.3. The number of anilines is 4. The number of nitrogens with zero attached hydrogens (tertiary/aromatic N) is 5. The molecular weight excluding hydrogens is 1330 g/mol. The summed E-state index contributed by atoms with van der Waals surface area (Å²) < 4.78 is 29.9. The van der Waals surface area contributed by atoms with Crippen molar-refractivity contribution in [2.24, 2.45) is 16.7 Å². The Morgan fingerprint density at radius 1 is 0.654 bits per heavy atom. The standard InChI is InChI=1S/C78H96N12O14/c1-46(2)68(83-66(92)21-13-14-32-79-65(91)26-27-67(93)86-42-50-17-9-10-18-53(50)70-69(84-85-90(70)47(3)4)54-19-11-12-20-58(54)86)72(95)81-48(5)71(94)82-51-24-22-49(23-25-51)43-104-76(99)89-59-38-64(62(101-7)36-56(59)74(97)88-45-78(30-31-78)40-60(88)75(89)98)103-34-16-8-15-33-102-63-37-57-55(35-61(63)100-6)73(96)87-44-77(28-29-77)39-52(87)41-80-57/h9-12,17-20,22-25,35-38,46-48,52,60,68,75,80,84-85,98H,8,13-16,21,26-34,39-45H2,1-7H3,(H,79,91)(H,81,95)(H,82,94)(H,83,92)/t48-,52-,60-,68-,75?/m0/s1. The molecule has 26 heteroatoms. The summed E-state index contributed by atoms with van der Waals surface area (Å²) in [6.45, 7) is 12.3. The maximum atomic E-state index is 14.5. The molecule has 1 unspecified atom stereocenters. The topological polar surface area (TPSA) is 303 Å². The van der Waals surface area contributed by atoms with Crippen LogP contribution >= 0.6 is 0 Å². The van der Waals surface area contributed by atoms with Crippen LogP contribution < -0.4 is 66.3 Å².